The summed E-state index contributed by atoms with van der Waals surface area (Å²) >= 11 is 0. The third kappa shape index (κ3) is 9.69. The number of nitrogens with two attached hydrogens (primary N) is 1. The first kappa shape index (κ1) is 51.8. The molecule has 2 bridgehead atoms. The largest absolute Gasteiger partial charge is 0.494 e. The predicted octanol–water partition coefficient (Wildman–Crippen LogP) is 6.29. The van der Waals surface area contributed by atoms with E-state index < -0.39 is 24.7 Å². The molecule has 5 amide bonds. The highest BCUT2D eigenvalue weighted by Crippen LogP contribution is 2.66. The standard InChI is InChI=1S/C60H62BN9O9/c1-36-30-39(56(73)63-26-8-7-10-37-11-9-14-44-45(37)33-69(58(44)75)47-21-22-50(71)66-57(47)74)17-20-46(36)61-78-49-32-40-31-48(59(40,2)3)60(49,79-61)25-29-76-34-51(72)68-27-23-41(24-28-68)70-55-52(54(62)64-35-65-55)53(67-70)38-15-18-43(19-16-38)77-42-12-5-4-6-13-42/h4-6,9,11-20,30,35,40-41,47-49H,8,21-29,31-34H2,1-3H3,(H,63,73)(H2,62,64,65)(H,66,71,74)/t40-,47?,48-,49+,60-/m1/s1. The average Bonchev–Trinajstić information content (AvgIpc) is 3.64. The lowest BCUT2D eigenvalue weighted by Crippen LogP contribution is -2.67. The minimum atomic E-state index is -0.702. The number of aryl methyl sites for hydroxylation is 1. The molecule has 2 aromatic heterocycles. The molecule has 13 rings (SSSR count). The third-order valence-corrected chi connectivity index (χ3v) is 17.5. The van der Waals surface area contributed by atoms with Crippen molar-refractivity contribution in [2.75, 3.05) is 38.6 Å². The van der Waals surface area contributed by atoms with Crippen LogP contribution in [-0.2, 0) is 35.0 Å². The maximum atomic E-state index is 13.7. The normalized spacial score (nSPS) is 23.1. The molecule has 0 spiro atoms. The number of nitrogen functional groups attached to an aromatic ring is 1. The van der Waals surface area contributed by atoms with E-state index in [0.29, 0.717) is 103 Å². The van der Waals surface area contributed by atoms with E-state index in [1.807, 2.05) is 89.3 Å². The number of amides is 5. The number of hydrogen-bond acceptors (Lipinski definition) is 13. The van der Waals surface area contributed by atoms with Crippen molar-refractivity contribution in [1.29, 1.82) is 0 Å². The van der Waals surface area contributed by atoms with Gasteiger partial charge in [0.05, 0.1) is 29.7 Å². The summed E-state index contributed by atoms with van der Waals surface area (Å²) < 4.78 is 28.1. The number of rotatable bonds is 14. The van der Waals surface area contributed by atoms with E-state index in [-0.39, 0.29) is 73.1 Å². The first-order valence-corrected chi connectivity index (χ1v) is 27.4. The molecular formula is C60H62BN9O9. The Morgan fingerprint density at radius 3 is 2.52 bits per heavy atom. The molecule has 4 N–H and O–H groups in total. The fraction of sp³-hybridized carbons (Fsp3) is 0.400. The molecule has 4 aromatic carbocycles. The molecule has 6 fully saturated rings. The fourth-order valence-electron chi connectivity index (χ4n) is 13.0. The van der Waals surface area contributed by atoms with E-state index in [9.17, 15) is 24.0 Å². The second-order valence-electron chi connectivity index (χ2n) is 22.3. The van der Waals surface area contributed by atoms with Crippen LogP contribution >= 0.6 is 0 Å². The van der Waals surface area contributed by atoms with Gasteiger partial charge in [-0.3, -0.25) is 29.3 Å². The van der Waals surface area contributed by atoms with Crippen molar-refractivity contribution in [1.82, 2.24) is 40.2 Å². The van der Waals surface area contributed by atoms with Gasteiger partial charge in [-0.05, 0) is 128 Å². The lowest BCUT2D eigenvalue weighted by molar-refractivity contribution is -0.214. The monoisotopic (exact) mass is 1060 g/mol. The Balaban J connectivity index is 0.633. The number of likely N-dealkylation sites (tertiary alicyclic amines) is 1. The number of imide groups is 1. The molecule has 404 valence electrons. The van der Waals surface area contributed by atoms with Crippen LogP contribution in [0, 0.1) is 36.0 Å². The maximum absolute atomic E-state index is 13.7. The summed E-state index contributed by atoms with van der Waals surface area (Å²) in [6, 6.07) is 27.6. The van der Waals surface area contributed by atoms with Gasteiger partial charge in [-0.2, -0.15) is 5.10 Å². The minimum Gasteiger partial charge on any atom is -0.457 e. The summed E-state index contributed by atoms with van der Waals surface area (Å²) in [6.07, 6.45) is 6.07. The van der Waals surface area contributed by atoms with Gasteiger partial charge in [0.25, 0.3) is 11.8 Å². The molecule has 19 heteroatoms. The highest BCUT2D eigenvalue weighted by Gasteiger charge is 2.69. The van der Waals surface area contributed by atoms with Crippen LogP contribution in [0.25, 0.3) is 22.3 Å². The van der Waals surface area contributed by atoms with Crippen LogP contribution in [0.15, 0.2) is 97.3 Å². The first-order valence-electron chi connectivity index (χ1n) is 27.4. The molecule has 6 heterocycles. The zero-order valence-corrected chi connectivity index (χ0v) is 44.5. The molecule has 4 aliphatic heterocycles. The Kier molecular flexibility index (Phi) is 13.8. The van der Waals surface area contributed by atoms with Crippen molar-refractivity contribution >= 4 is 59.0 Å². The van der Waals surface area contributed by atoms with Crippen LogP contribution in [0.3, 0.4) is 0 Å². The van der Waals surface area contributed by atoms with Crippen molar-refractivity contribution in [2.24, 2.45) is 17.3 Å². The Bertz CT molecular complexity index is 3460. The Hall–Kier alpha value is -7.92. The second-order valence-corrected chi connectivity index (χ2v) is 22.3. The summed E-state index contributed by atoms with van der Waals surface area (Å²) in [4.78, 5) is 76.9. The van der Waals surface area contributed by atoms with E-state index in [4.69, 9.17) is 29.6 Å². The molecule has 3 saturated carbocycles. The number of para-hydroxylation sites is 1. The fourth-order valence-corrected chi connectivity index (χ4v) is 13.0. The van der Waals surface area contributed by atoms with Crippen LogP contribution in [-0.4, -0.2) is 117 Å². The molecule has 6 aromatic rings. The van der Waals surface area contributed by atoms with Crippen molar-refractivity contribution in [3.63, 3.8) is 0 Å². The lowest BCUT2D eigenvalue weighted by atomic mass is 9.43. The smallest absolute Gasteiger partial charge is 0.457 e. The van der Waals surface area contributed by atoms with Gasteiger partial charge in [0.1, 0.15) is 42.0 Å². The number of anilines is 1. The molecule has 0 radical (unpaired) electrons. The van der Waals surface area contributed by atoms with E-state index in [1.165, 1.54) is 11.2 Å². The number of fused-ring (bicyclic) bond motifs is 2. The van der Waals surface area contributed by atoms with Gasteiger partial charge in [-0.15, -0.1) is 0 Å². The number of carbonyl (C=O) groups excluding carboxylic acids is 5. The summed E-state index contributed by atoms with van der Waals surface area (Å²) in [7, 11) is -0.618. The summed E-state index contributed by atoms with van der Waals surface area (Å²) in [5.41, 5.74) is 12.4. The number of piperidine rings is 2. The van der Waals surface area contributed by atoms with E-state index in [1.54, 1.807) is 18.2 Å². The second kappa shape index (κ2) is 21.0. The molecule has 79 heavy (non-hydrogen) atoms. The molecule has 5 atom stereocenters. The summed E-state index contributed by atoms with van der Waals surface area (Å²) in [5.74, 6) is 7.56. The van der Waals surface area contributed by atoms with Gasteiger partial charge in [0.15, 0.2) is 5.65 Å². The third-order valence-electron chi connectivity index (χ3n) is 17.5. The van der Waals surface area contributed by atoms with E-state index >= 15 is 0 Å². The van der Waals surface area contributed by atoms with Crippen LogP contribution in [0.1, 0.15) is 109 Å². The summed E-state index contributed by atoms with van der Waals surface area (Å²) in [6.45, 7) is 8.56. The predicted molar refractivity (Wildman–Crippen MR) is 294 cm³/mol. The SMILES string of the molecule is Cc1cc(C(=O)NCCC#Cc2cccc3c2CN(C2CCC(=O)NC2=O)C3=O)ccc1B1O[C@H]2C[C@H]3C[C@H](C3(C)C)[C@@]2(CCOCC(=O)N2CCC(n3nc(-c4ccc(Oc5ccccc5)cc4)c4c(N)ncnc43)CC2)O1. The van der Waals surface area contributed by atoms with Gasteiger partial charge < -0.3 is 39.6 Å². The molecule has 3 aliphatic carbocycles. The van der Waals surface area contributed by atoms with Crippen molar-refractivity contribution in [2.45, 2.75) is 102 Å². The number of ether oxygens (including phenoxy) is 2. The van der Waals surface area contributed by atoms with Gasteiger partial charge in [-0.25, -0.2) is 14.6 Å². The van der Waals surface area contributed by atoms with Crippen molar-refractivity contribution in [3.05, 3.63) is 125 Å². The molecule has 3 saturated heterocycles. The van der Waals surface area contributed by atoms with Crippen molar-refractivity contribution < 1.29 is 42.8 Å². The van der Waals surface area contributed by atoms with Crippen LogP contribution in [0.4, 0.5) is 5.82 Å². The highest BCUT2D eigenvalue weighted by molar-refractivity contribution is 6.62. The zero-order chi connectivity index (χ0) is 54.6. The summed E-state index contributed by atoms with van der Waals surface area (Å²) in [5, 5.41) is 11.1. The van der Waals surface area contributed by atoms with Gasteiger partial charge in [0.2, 0.25) is 17.7 Å². The van der Waals surface area contributed by atoms with E-state index in [0.717, 1.165) is 40.7 Å². The lowest BCUT2D eigenvalue weighted by Gasteiger charge is -2.65. The average molecular weight is 1060 g/mol. The molecule has 7 aliphatic rings. The van der Waals surface area contributed by atoms with Gasteiger partial charge in [0, 0.05) is 67.7 Å². The Morgan fingerprint density at radius 1 is 0.949 bits per heavy atom. The number of carbonyl (C=O) groups is 5. The maximum Gasteiger partial charge on any atom is 0.494 e. The number of nitrogens with one attached hydrogen (secondary N) is 2. The Morgan fingerprint density at radius 2 is 1.75 bits per heavy atom. The topological polar surface area (TPSA) is 222 Å². The van der Waals surface area contributed by atoms with Crippen molar-refractivity contribution in [3.8, 4) is 34.6 Å². The molecule has 1 unspecified atom stereocenters. The molecule has 18 nitrogen and oxygen atoms in total. The zero-order valence-electron chi connectivity index (χ0n) is 44.5. The Labute approximate surface area is 458 Å². The van der Waals surface area contributed by atoms with Crippen LogP contribution in [0.5, 0.6) is 11.5 Å². The number of hydrogen-bond donors (Lipinski definition) is 3. The van der Waals surface area contributed by atoms with Crippen LogP contribution in [0.2, 0.25) is 0 Å². The number of aromatic nitrogens is 4. The highest BCUT2D eigenvalue weighted by atomic mass is 16.7. The quantitative estimate of drug-likeness (QED) is 0.0473. The number of benzene rings is 4. The number of nitrogens with zero attached hydrogens (tertiary/aromatic N) is 6. The van der Waals surface area contributed by atoms with Gasteiger partial charge >= 0.3 is 7.12 Å². The van der Waals surface area contributed by atoms with E-state index in [2.05, 4.69) is 46.3 Å². The van der Waals surface area contributed by atoms with Gasteiger partial charge in [-0.1, -0.05) is 61.6 Å². The first-order chi connectivity index (χ1) is 38.3. The molecular weight excluding hydrogens is 1000 g/mol. The van der Waals surface area contributed by atoms with Crippen LogP contribution < -0.4 is 26.6 Å². The minimum absolute atomic E-state index is 0.00203.